The molecule has 0 aliphatic rings. The molecule has 1 aromatic carbocycles. The van der Waals surface area contributed by atoms with Crippen LogP contribution in [0.3, 0.4) is 0 Å². The zero-order chi connectivity index (χ0) is 15.3. The van der Waals surface area contributed by atoms with Crippen LogP contribution >= 0.6 is 11.6 Å². The molecule has 4 nitrogen and oxygen atoms in total. The summed E-state index contributed by atoms with van der Waals surface area (Å²) in [5.41, 5.74) is 1.74. The van der Waals surface area contributed by atoms with E-state index in [-0.39, 0.29) is 0 Å². The molecular formula is C16H22ClNO3. The molecule has 116 valence electrons. The summed E-state index contributed by atoms with van der Waals surface area (Å²) >= 11 is 5.49. The van der Waals surface area contributed by atoms with E-state index in [1.54, 1.807) is 0 Å². The van der Waals surface area contributed by atoms with E-state index < -0.39 is 0 Å². The Morgan fingerprint density at radius 1 is 1.14 bits per heavy atom. The van der Waals surface area contributed by atoms with Crippen LogP contribution in [0.25, 0.3) is 6.08 Å². The molecule has 0 atom stereocenters. The number of hydrogen-bond donors (Lipinski definition) is 0. The van der Waals surface area contributed by atoms with E-state index in [0.717, 1.165) is 11.3 Å². The lowest BCUT2D eigenvalue weighted by Gasteiger charge is -2.11. The van der Waals surface area contributed by atoms with Crippen molar-refractivity contribution in [3.63, 3.8) is 0 Å². The number of allylic oxidation sites excluding steroid dienone is 1. The summed E-state index contributed by atoms with van der Waals surface area (Å²) in [5.74, 6) is 1.21. The van der Waals surface area contributed by atoms with Crippen molar-refractivity contribution in [1.29, 1.82) is 0 Å². The summed E-state index contributed by atoms with van der Waals surface area (Å²) in [7, 11) is 0. The molecule has 0 saturated heterocycles. The second-order valence-electron chi connectivity index (χ2n) is 4.11. The second-order valence-corrected chi connectivity index (χ2v) is 4.49. The van der Waals surface area contributed by atoms with Crippen LogP contribution in [0.4, 0.5) is 5.69 Å². The lowest BCUT2D eigenvalue weighted by molar-refractivity contribution is 0.0411. The van der Waals surface area contributed by atoms with E-state index in [9.17, 15) is 0 Å². The molecular weight excluding hydrogens is 290 g/mol. The highest BCUT2D eigenvalue weighted by molar-refractivity contribution is 6.17. The first kappa shape index (κ1) is 17.7. The van der Waals surface area contributed by atoms with Crippen molar-refractivity contribution in [3.05, 3.63) is 29.8 Å². The summed E-state index contributed by atoms with van der Waals surface area (Å²) < 4.78 is 16.3. The topological polar surface area (TPSA) is 40.0 Å². The third-order valence-corrected chi connectivity index (χ3v) is 2.77. The number of rotatable bonds is 11. The molecule has 0 saturated carbocycles. The second kappa shape index (κ2) is 11.3. The molecule has 0 spiro atoms. The predicted molar refractivity (Wildman–Crippen MR) is 88.2 cm³/mol. The monoisotopic (exact) mass is 311 g/mol. The minimum Gasteiger partial charge on any atom is -0.489 e. The van der Waals surface area contributed by atoms with Gasteiger partial charge in [0.1, 0.15) is 18.0 Å². The van der Waals surface area contributed by atoms with Crippen molar-refractivity contribution in [2.75, 3.05) is 38.9 Å². The molecule has 1 rings (SSSR count). The first-order chi connectivity index (χ1) is 10.3. The molecule has 1 aromatic rings. The maximum Gasteiger partial charge on any atom is 0.145 e. The Balaban J connectivity index is 2.35. The predicted octanol–water partition coefficient (Wildman–Crippen LogP) is 3.70. The minimum absolute atomic E-state index is 0.456. The van der Waals surface area contributed by atoms with Gasteiger partial charge < -0.3 is 14.2 Å². The van der Waals surface area contributed by atoms with Crippen LogP contribution in [0.2, 0.25) is 0 Å². The van der Waals surface area contributed by atoms with Gasteiger partial charge in [-0.05, 0) is 19.7 Å². The van der Waals surface area contributed by atoms with Crippen LogP contribution in [0.1, 0.15) is 12.5 Å². The maximum atomic E-state index is 5.69. The quantitative estimate of drug-likeness (QED) is 0.355. The normalized spacial score (nSPS) is 11.0. The molecule has 5 heteroatoms. The SMILES string of the molecule is C=Nc1c(/C=C\C)cccc1OCCOCCOCCCl. The van der Waals surface area contributed by atoms with Gasteiger partial charge in [0.15, 0.2) is 0 Å². The van der Waals surface area contributed by atoms with E-state index >= 15 is 0 Å². The molecule has 21 heavy (non-hydrogen) atoms. The number of nitrogens with zero attached hydrogens (tertiary/aromatic N) is 1. The van der Waals surface area contributed by atoms with Gasteiger partial charge in [0.05, 0.1) is 26.4 Å². The molecule has 0 unspecified atom stereocenters. The number of aliphatic imine (C=N–C) groups is 1. The number of benzene rings is 1. The summed E-state index contributed by atoms with van der Waals surface area (Å²) in [6, 6.07) is 5.78. The van der Waals surface area contributed by atoms with E-state index in [4.69, 9.17) is 25.8 Å². The lowest BCUT2D eigenvalue weighted by atomic mass is 10.1. The zero-order valence-corrected chi connectivity index (χ0v) is 13.1. The smallest absolute Gasteiger partial charge is 0.145 e. The largest absolute Gasteiger partial charge is 0.489 e. The van der Waals surface area contributed by atoms with Gasteiger partial charge in [0.25, 0.3) is 0 Å². The minimum atomic E-state index is 0.456. The molecule has 0 aromatic heterocycles. The fraction of sp³-hybridized carbons (Fsp3) is 0.438. The number of para-hydroxylation sites is 1. The van der Waals surface area contributed by atoms with Crippen LogP contribution < -0.4 is 4.74 Å². The van der Waals surface area contributed by atoms with Gasteiger partial charge in [0.2, 0.25) is 0 Å². The fourth-order valence-electron chi connectivity index (χ4n) is 1.73. The average Bonchev–Trinajstić information content (AvgIpc) is 2.50. The Morgan fingerprint density at radius 3 is 2.52 bits per heavy atom. The Labute approximate surface area is 131 Å². The number of ether oxygens (including phenoxy) is 3. The first-order valence-corrected chi connectivity index (χ1v) is 7.43. The van der Waals surface area contributed by atoms with Crippen LogP contribution in [0.5, 0.6) is 5.75 Å². The number of hydrogen-bond acceptors (Lipinski definition) is 4. The van der Waals surface area contributed by atoms with E-state index in [2.05, 4.69) is 11.7 Å². The van der Waals surface area contributed by atoms with Crippen LogP contribution in [-0.2, 0) is 9.47 Å². The van der Waals surface area contributed by atoms with Gasteiger partial charge in [-0.1, -0.05) is 24.3 Å². The van der Waals surface area contributed by atoms with Crippen LogP contribution in [0.15, 0.2) is 29.3 Å². The van der Waals surface area contributed by atoms with Gasteiger partial charge in [-0.2, -0.15) is 0 Å². The number of halogens is 1. The Hall–Kier alpha value is -1.36. The highest BCUT2D eigenvalue weighted by atomic mass is 35.5. The molecule has 0 fully saturated rings. The Bertz CT molecular complexity index is 449. The Kier molecular flexibility index (Phi) is 9.53. The van der Waals surface area contributed by atoms with Crippen molar-refractivity contribution >= 4 is 30.1 Å². The maximum absolute atomic E-state index is 5.69. The fourth-order valence-corrected chi connectivity index (χ4v) is 1.84. The van der Waals surface area contributed by atoms with Crippen molar-refractivity contribution in [3.8, 4) is 5.75 Å². The van der Waals surface area contributed by atoms with E-state index in [0.29, 0.717) is 44.7 Å². The lowest BCUT2D eigenvalue weighted by Crippen LogP contribution is -2.11. The summed E-state index contributed by atoms with van der Waals surface area (Å²) in [6.45, 7) is 8.13. The van der Waals surface area contributed by atoms with Crippen molar-refractivity contribution in [1.82, 2.24) is 0 Å². The average molecular weight is 312 g/mol. The van der Waals surface area contributed by atoms with Gasteiger partial charge >= 0.3 is 0 Å². The first-order valence-electron chi connectivity index (χ1n) is 6.90. The molecule has 0 bridgehead atoms. The van der Waals surface area contributed by atoms with Crippen molar-refractivity contribution < 1.29 is 14.2 Å². The van der Waals surface area contributed by atoms with E-state index in [1.165, 1.54) is 0 Å². The number of alkyl halides is 1. The van der Waals surface area contributed by atoms with Crippen molar-refractivity contribution in [2.45, 2.75) is 6.92 Å². The Morgan fingerprint density at radius 2 is 1.86 bits per heavy atom. The van der Waals surface area contributed by atoms with E-state index in [1.807, 2.05) is 37.3 Å². The zero-order valence-electron chi connectivity index (χ0n) is 12.4. The van der Waals surface area contributed by atoms with Gasteiger partial charge in [-0.15, -0.1) is 11.6 Å². The molecule has 0 heterocycles. The third kappa shape index (κ3) is 6.76. The highest BCUT2D eigenvalue weighted by Gasteiger charge is 2.05. The third-order valence-electron chi connectivity index (χ3n) is 2.61. The standard InChI is InChI=1S/C16H22ClNO3/c1-3-5-14-6-4-7-15(16(14)18-2)21-13-12-20-11-10-19-9-8-17/h3-7H,2,8-13H2,1H3/b5-3-. The summed E-state index contributed by atoms with van der Waals surface area (Å²) in [5, 5.41) is 0. The molecule has 0 aliphatic heterocycles. The van der Waals surface area contributed by atoms with Gasteiger partial charge in [-0.3, -0.25) is 4.99 Å². The van der Waals surface area contributed by atoms with Crippen LogP contribution in [-0.4, -0.2) is 45.6 Å². The highest BCUT2D eigenvalue weighted by Crippen LogP contribution is 2.31. The van der Waals surface area contributed by atoms with Crippen LogP contribution in [0, 0.1) is 0 Å². The molecule has 0 N–H and O–H groups in total. The van der Waals surface area contributed by atoms with Gasteiger partial charge in [-0.25, -0.2) is 0 Å². The van der Waals surface area contributed by atoms with Crippen molar-refractivity contribution in [2.24, 2.45) is 4.99 Å². The summed E-state index contributed by atoms with van der Waals surface area (Å²) in [4.78, 5) is 4.04. The molecule has 0 amide bonds. The molecule has 0 radical (unpaired) electrons. The van der Waals surface area contributed by atoms with Gasteiger partial charge in [0, 0.05) is 11.4 Å². The molecule has 0 aliphatic carbocycles. The summed E-state index contributed by atoms with van der Waals surface area (Å²) in [6.07, 6.45) is 3.93.